The summed E-state index contributed by atoms with van der Waals surface area (Å²) >= 11 is 0. The highest BCUT2D eigenvalue weighted by atomic mass is 16.5. The van der Waals surface area contributed by atoms with Crippen LogP contribution in [0.2, 0.25) is 0 Å². The molecule has 1 unspecified atom stereocenters. The van der Waals surface area contributed by atoms with E-state index in [0.29, 0.717) is 0 Å². The van der Waals surface area contributed by atoms with Crippen LogP contribution in [-0.4, -0.2) is 19.1 Å². The van der Waals surface area contributed by atoms with Gasteiger partial charge in [-0.15, -0.1) is 0 Å². The van der Waals surface area contributed by atoms with E-state index in [1.807, 2.05) is 33.8 Å². The van der Waals surface area contributed by atoms with Crippen molar-refractivity contribution in [3.05, 3.63) is 23.2 Å². The van der Waals surface area contributed by atoms with Gasteiger partial charge in [0, 0.05) is 11.0 Å². The number of esters is 1. The summed E-state index contributed by atoms with van der Waals surface area (Å²) in [6.07, 6.45) is 0. The van der Waals surface area contributed by atoms with Crippen LogP contribution in [-0.2, 0) is 14.9 Å². The average Bonchev–Trinajstić information content (AvgIpc) is 2.56. The molecule has 0 aliphatic carbocycles. The van der Waals surface area contributed by atoms with E-state index in [0.717, 1.165) is 17.1 Å². The summed E-state index contributed by atoms with van der Waals surface area (Å²) in [5, 5.41) is 0. The summed E-state index contributed by atoms with van der Waals surface area (Å²) in [7, 11) is 1.34. The highest BCUT2D eigenvalue weighted by Crippen LogP contribution is 2.31. The lowest BCUT2D eigenvalue weighted by atomic mass is 9.78. The van der Waals surface area contributed by atoms with Crippen molar-refractivity contribution in [2.24, 2.45) is 5.73 Å². The first kappa shape index (κ1) is 12.8. The standard InChI is InChI=1S/C12H19NO3/c1-7-6-9(8(2)16-7)12(3,4)10(13)11(14)15-5/h6,10H,13H2,1-5H3. The van der Waals surface area contributed by atoms with Gasteiger partial charge < -0.3 is 14.9 Å². The van der Waals surface area contributed by atoms with Gasteiger partial charge in [-0.1, -0.05) is 13.8 Å². The zero-order chi connectivity index (χ0) is 12.5. The van der Waals surface area contributed by atoms with E-state index in [1.54, 1.807) is 0 Å². The molecule has 90 valence electrons. The first-order valence-corrected chi connectivity index (χ1v) is 5.21. The van der Waals surface area contributed by atoms with Crippen LogP contribution in [0.25, 0.3) is 0 Å². The largest absolute Gasteiger partial charge is 0.468 e. The SMILES string of the molecule is COC(=O)C(N)C(C)(C)c1cc(C)oc1C. The lowest BCUT2D eigenvalue weighted by molar-refractivity contribution is -0.143. The summed E-state index contributed by atoms with van der Waals surface area (Å²) in [4.78, 5) is 11.5. The predicted octanol–water partition coefficient (Wildman–Crippen LogP) is 1.67. The van der Waals surface area contributed by atoms with Gasteiger partial charge in [0.2, 0.25) is 0 Å². The van der Waals surface area contributed by atoms with E-state index in [-0.39, 0.29) is 0 Å². The highest BCUT2D eigenvalue weighted by Gasteiger charge is 2.36. The van der Waals surface area contributed by atoms with Crippen molar-refractivity contribution in [2.45, 2.75) is 39.2 Å². The zero-order valence-electron chi connectivity index (χ0n) is 10.5. The third kappa shape index (κ3) is 2.11. The summed E-state index contributed by atoms with van der Waals surface area (Å²) in [5.74, 6) is 1.20. The molecule has 1 heterocycles. The van der Waals surface area contributed by atoms with Crippen molar-refractivity contribution in [1.29, 1.82) is 0 Å². The highest BCUT2D eigenvalue weighted by molar-refractivity contribution is 5.77. The third-order valence-corrected chi connectivity index (χ3v) is 2.97. The van der Waals surface area contributed by atoms with Gasteiger partial charge in [0.05, 0.1) is 7.11 Å². The monoisotopic (exact) mass is 225 g/mol. The van der Waals surface area contributed by atoms with Gasteiger partial charge in [-0.3, -0.25) is 4.79 Å². The maximum absolute atomic E-state index is 11.5. The van der Waals surface area contributed by atoms with Crippen LogP contribution < -0.4 is 5.73 Å². The Morgan fingerprint density at radius 1 is 1.50 bits per heavy atom. The normalized spacial score (nSPS) is 13.6. The molecular formula is C12H19NO3. The molecule has 0 bridgehead atoms. The molecule has 4 heteroatoms. The fourth-order valence-corrected chi connectivity index (χ4v) is 1.86. The molecule has 0 saturated carbocycles. The molecule has 1 aromatic rings. The van der Waals surface area contributed by atoms with Crippen LogP contribution in [0.1, 0.15) is 30.9 Å². The number of hydrogen-bond acceptors (Lipinski definition) is 4. The number of aryl methyl sites for hydroxylation is 2. The van der Waals surface area contributed by atoms with E-state index in [4.69, 9.17) is 10.2 Å². The molecule has 0 spiro atoms. The van der Waals surface area contributed by atoms with Gasteiger partial charge in [-0.2, -0.15) is 0 Å². The number of rotatable bonds is 3. The second-order valence-corrected chi connectivity index (χ2v) is 4.55. The Morgan fingerprint density at radius 3 is 2.44 bits per heavy atom. The minimum Gasteiger partial charge on any atom is -0.468 e. The predicted molar refractivity (Wildman–Crippen MR) is 61.2 cm³/mol. The van der Waals surface area contributed by atoms with Crippen LogP contribution in [0.3, 0.4) is 0 Å². The molecule has 2 N–H and O–H groups in total. The maximum atomic E-state index is 11.5. The van der Waals surface area contributed by atoms with Gasteiger partial charge in [0.25, 0.3) is 0 Å². The lowest BCUT2D eigenvalue weighted by Crippen LogP contribution is -2.47. The maximum Gasteiger partial charge on any atom is 0.323 e. The van der Waals surface area contributed by atoms with Crippen molar-refractivity contribution in [2.75, 3.05) is 7.11 Å². The minimum absolute atomic E-state index is 0.414. The van der Waals surface area contributed by atoms with Crippen LogP contribution in [0.5, 0.6) is 0 Å². The number of carbonyl (C=O) groups is 1. The lowest BCUT2D eigenvalue weighted by Gasteiger charge is -2.29. The molecular weight excluding hydrogens is 206 g/mol. The van der Waals surface area contributed by atoms with Crippen LogP contribution in [0.4, 0.5) is 0 Å². The smallest absolute Gasteiger partial charge is 0.323 e. The van der Waals surface area contributed by atoms with E-state index in [2.05, 4.69) is 4.74 Å². The van der Waals surface area contributed by atoms with Gasteiger partial charge in [0.15, 0.2) is 0 Å². The third-order valence-electron chi connectivity index (χ3n) is 2.97. The summed E-state index contributed by atoms with van der Waals surface area (Å²) in [5.41, 5.74) is 6.34. The molecule has 0 amide bonds. The number of hydrogen-bond donors (Lipinski definition) is 1. The number of carbonyl (C=O) groups excluding carboxylic acids is 1. The Morgan fingerprint density at radius 2 is 2.06 bits per heavy atom. The zero-order valence-corrected chi connectivity index (χ0v) is 10.5. The van der Waals surface area contributed by atoms with Crippen molar-refractivity contribution >= 4 is 5.97 Å². The molecule has 0 saturated heterocycles. The molecule has 1 aromatic heterocycles. The summed E-state index contributed by atoms with van der Waals surface area (Å²) in [6.45, 7) is 7.56. The molecule has 1 atom stereocenters. The fraction of sp³-hybridized carbons (Fsp3) is 0.583. The van der Waals surface area contributed by atoms with Gasteiger partial charge >= 0.3 is 5.97 Å². The topological polar surface area (TPSA) is 65.5 Å². The van der Waals surface area contributed by atoms with Gasteiger partial charge in [-0.25, -0.2) is 0 Å². The van der Waals surface area contributed by atoms with Crippen molar-refractivity contribution in [1.82, 2.24) is 0 Å². The second-order valence-electron chi connectivity index (χ2n) is 4.55. The summed E-state index contributed by atoms with van der Waals surface area (Å²) in [6, 6.07) is 1.21. The first-order chi connectivity index (χ1) is 7.30. The van der Waals surface area contributed by atoms with Gasteiger partial charge in [0.1, 0.15) is 17.6 Å². The van der Waals surface area contributed by atoms with Crippen LogP contribution in [0.15, 0.2) is 10.5 Å². The quantitative estimate of drug-likeness (QED) is 0.795. The van der Waals surface area contributed by atoms with Crippen LogP contribution in [0, 0.1) is 13.8 Å². The first-order valence-electron chi connectivity index (χ1n) is 5.21. The van der Waals surface area contributed by atoms with Crippen molar-refractivity contribution in [3.8, 4) is 0 Å². The van der Waals surface area contributed by atoms with E-state index < -0.39 is 17.4 Å². The Hall–Kier alpha value is -1.29. The number of ether oxygens (including phenoxy) is 1. The number of nitrogens with two attached hydrogens (primary N) is 1. The minimum atomic E-state index is -0.701. The molecule has 0 aliphatic rings. The molecule has 1 rings (SSSR count). The van der Waals surface area contributed by atoms with E-state index in [1.165, 1.54) is 7.11 Å². The Kier molecular flexibility index (Phi) is 3.43. The Bertz CT molecular complexity index is 393. The van der Waals surface area contributed by atoms with Crippen molar-refractivity contribution < 1.29 is 13.9 Å². The molecule has 4 nitrogen and oxygen atoms in total. The van der Waals surface area contributed by atoms with E-state index in [9.17, 15) is 4.79 Å². The average molecular weight is 225 g/mol. The van der Waals surface area contributed by atoms with Crippen molar-refractivity contribution in [3.63, 3.8) is 0 Å². The molecule has 0 fully saturated rings. The van der Waals surface area contributed by atoms with Gasteiger partial charge in [-0.05, 0) is 19.9 Å². The van der Waals surface area contributed by atoms with Crippen LogP contribution >= 0.6 is 0 Å². The van der Waals surface area contributed by atoms with E-state index >= 15 is 0 Å². The molecule has 0 aromatic carbocycles. The molecule has 16 heavy (non-hydrogen) atoms. The molecule has 0 radical (unpaired) electrons. The number of furan rings is 1. The summed E-state index contributed by atoms with van der Waals surface area (Å²) < 4.78 is 10.1. The Balaban J connectivity index is 3.10. The fourth-order valence-electron chi connectivity index (χ4n) is 1.86. The Labute approximate surface area is 95.8 Å². The second kappa shape index (κ2) is 4.29. The number of methoxy groups -OCH3 is 1. The molecule has 0 aliphatic heterocycles.